The van der Waals surface area contributed by atoms with Crippen molar-refractivity contribution in [3.63, 3.8) is 0 Å². The molecule has 8 heteroatoms. The summed E-state index contributed by atoms with van der Waals surface area (Å²) in [5.74, 6) is 0.0754. The van der Waals surface area contributed by atoms with Crippen LogP contribution in [0.1, 0.15) is 31.5 Å². The average Bonchev–Trinajstić information content (AvgIpc) is 3.24. The number of phenols is 1. The van der Waals surface area contributed by atoms with E-state index in [0.29, 0.717) is 35.5 Å². The van der Waals surface area contributed by atoms with Gasteiger partial charge < -0.3 is 15.0 Å². The van der Waals surface area contributed by atoms with Gasteiger partial charge in [-0.25, -0.2) is 14.4 Å². The standard InChI is InChI=1S/C22H25FN6O/c1-14(18-10-15(24-2)4-3-5-19(18)23)22-26-12-20(27-28-22)17-7-6-16(11-21(17)30)29-9-8-25-13-29/h6-9,11-13,15,18-19,24,30H,1,3-5,10H2,2H3/t15?,18-,19?/m1/s1. The molecule has 2 unspecified atom stereocenters. The van der Waals surface area contributed by atoms with Crippen molar-refractivity contribution in [2.45, 2.75) is 37.9 Å². The minimum absolute atomic E-state index is 0.0633. The number of rotatable bonds is 5. The number of nitrogens with zero attached hydrogens (tertiary/aromatic N) is 5. The first kappa shape index (κ1) is 20.2. The monoisotopic (exact) mass is 408 g/mol. The second-order valence-corrected chi connectivity index (χ2v) is 7.64. The summed E-state index contributed by atoms with van der Waals surface area (Å²) in [6, 6.07) is 5.49. The Hall–Kier alpha value is -3.13. The molecule has 0 spiro atoms. The first-order valence-corrected chi connectivity index (χ1v) is 10.1. The van der Waals surface area contributed by atoms with Crippen molar-refractivity contribution in [1.29, 1.82) is 0 Å². The van der Waals surface area contributed by atoms with Crippen molar-refractivity contribution in [2.24, 2.45) is 5.92 Å². The number of benzene rings is 1. The number of aromatic nitrogens is 5. The Labute approximate surface area is 174 Å². The van der Waals surface area contributed by atoms with E-state index < -0.39 is 6.17 Å². The van der Waals surface area contributed by atoms with Gasteiger partial charge in [0.15, 0.2) is 5.82 Å². The summed E-state index contributed by atoms with van der Waals surface area (Å²) in [7, 11) is 1.90. The van der Waals surface area contributed by atoms with E-state index in [9.17, 15) is 9.50 Å². The molecule has 4 rings (SSSR count). The largest absolute Gasteiger partial charge is 0.507 e. The molecule has 1 aliphatic rings. The highest BCUT2D eigenvalue weighted by atomic mass is 19.1. The normalized spacial score (nSPS) is 21.9. The van der Waals surface area contributed by atoms with E-state index in [1.807, 2.05) is 13.1 Å². The van der Waals surface area contributed by atoms with E-state index >= 15 is 0 Å². The van der Waals surface area contributed by atoms with Gasteiger partial charge in [0.05, 0.1) is 18.2 Å². The predicted molar refractivity (Wildman–Crippen MR) is 113 cm³/mol. The van der Waals surface area contributed by atoms with Crippen LogP contribution in [-0.4, -0.2) is 49.1 Å². The lowest BCUT2D eigenvalue weighted by Gasteiger charge is -2.23. The highest BCUT2D eigenvalue weighted by Gasteiger charge is 2.31. The van der Waals surface area contributed by atoms with Gasteiger partial charge in [-0.2, -0.15) is 0 Å². The number of hydrogen-bond donors (Lipinski definition) is 2. The lowest BCUT2D eigenvalue weighted by Crippen LogP contribution is -2.29. The molecule has 1 aromatic carbocycles. The lowest BCUT2D eigenvalue weighted by atomic mass is 9.89. The Morgan fingerprint density at radius 1 is 1.30 bits per heavy atom. The van der Waals surface area contributed by atoms with E-state index in [1.54, 1.807) is 41.6 Å². The lowest BCUT2D eigenvalue weighted by molar-refractivity contribution is 0.251. The molecule has 1 aliphatic carbocycles. The van der Waals surface area contributed by atoms with Crippen molar-refractivity contribution in [3.8, 4) is 22.7 Å². The zero-order chi connectivity index (χ0) is 21.1. The number of nitrogens with one attached hydrogen (secondary N) is 1. The van der Waals surface area contributed by atoms with Crippen LogP contribution in [0.4, 0.5) is 4.39 Å². The van der Waals surface area contributed by atoms with Gasteiger partial charge in [0.25, 0.3) is 0 Å². The fourth-order valence-electron chi connectivity index (χ4n) is 3.98. The van der Waals surface area contributed by atoms with Crippen molar-refractivity contribution in [2.75, 3.05) is 7.05 Å². The summed E-state index contributed by atoms with van der Waals surface area (Å²) in [6.07, 6.45) is 8.68. The van der Waals surface area contributed by atoms with E-state index in [1.165, 1.54) is 0 Å². The second kappa shape index (κ2) is 8.71. The Morgan fingerprint density at radius 3 is 2.83 bits per heavy atom. The molecule has 0 saturated heterocycles. The predicted octanol–water partition coefficient (Wildman–Crippen LogP) is 3.56. The molecule has 0 radical (unpaired) electrons. The third kappa shape index (κ3) is 4.09. The van der Waals surface area contributed by atoms with Crippen LogP contribution >= 0.6 is 0 Å². The van der Waals surface area contributed by atoms with Crippen LogP contribution < -0.4 is 5.32 Å². The molecule has 2 aromatic heterocycles. The smallest absolute Gasteiger partial charge is 0.177 e. The number of halogens is 1. The van der Waals surface area contributed by atoms with Gasteiger partial charge in [0.1, 0.15) is 17.6 Å². The summed E-state index contributed by atoms with van der Waals surface area (Å²) in [5, 5.41) is 22.1. The highest BCUT2D eigenvalue weighted by molar-refractivity contribution is 5.68. The molecule has 7 nitrogen and oxygen atoms in total. The number of aromatic hydroxyl groups is 1. The third-order valence-electron chi connectivity index (χ3n) is 5.77. The van der Waals surface area contributed by atoms with E-state index in [4.69, 9.17) is 0 Å². The second-order valence-electron chi connectivity index (χ2n) is 7.64. The van der Waals surface area contributed by atoms with Crippen molar-refractivity contribution < 1.29 is 9.50 Å². The highest BCUT2D eigenvalue weighted by Crippen LogP contribution is 2.35. The Bertz CT molecular complexity index is 1000. The molecule has 156 valence electrons. The SMILES string of the molecule is C=C(c1ncc(-c2ccc(-n3ccnc3)cc2O)nn1)[C@H]1CC(NC)CCCC1F. The molecular weight excluding hydrogens is 383 g/mol. The fraction of sp³-hybridized carbons (Fsp3) is 0.364. The molecular formula is C22H25FN6O. The van der Waals surface area contributed by atoms with E-state index in [0.717, 1.165) is 18.5 Å². The molecule has 3 aromatic rings. The van der Waals surface area contributed by atoms with E-state index in [2.05, 4.69) is 32.1 Å². The molecule has 0 aliphatic heterocycles. The van der Waals surface area contributed by atoms with Crippen LogP contribution in [-0.2, 0) is 0 Å². The molecule has 1 fully saturated rings. The van der Waals surface area contributed by atoms with Crippen LogP contribution in [0.15, 0.2) is 49.7 Å². The minimum Gasteiger partial charge on any atom is -0.507 e. The summed E-state index contributed by atoms with van der Waals surface area (Å²) < 4.78 is 16.5. The molecule has 30 heavy (non-hydrogen) atoms. The van der Waals surface area contributed by atoms with Crippen LogP contribution in [0.25, 0.3) is 22.5 Å². The maximum atomic E-state index is 14.7. The summed E-state index contributed by atoms with van der Waals surface area (Å²) in [6.45, 7) is 4.08. The van der Waals surface area contributed by atoms with Gasteiger partial charge in [0, 0.05) is 36.0 Å². The maximum absolute atomic E-state index is 14.7. The first-order chi connectivity index (χ1) is 14.6. The molecule has 0 bridgehead atoms. The van der Waals surface area contributed by atoms with Gasteiger partial charge in [-0.05, 0) is 50.4 Å². The Kier molecular flexibility index (Phi) is 5.85. The molecule has 2 heterocycles. The van der Waals surface area contributed by atoms with Gasteiger partial charge >= 0.3 is 0 Å². The number of alkyl halides is 1. The van der Waals surface area contributed by atoms with Gasteiger partial charge in [0.2, 0.25) is 0 Å². The topological polar surface area (TPSA) is 88.8 Å². The molecule has 1 saturated carbocycles. The number of allylic oxidation sites excluding steroid dienone is 1. The number of hydrogen-bond acceptors (Lipinski definition) is 6. The van der Waals surface area contributed by atoms with Crippen molar-refractivity contribution in [3.05, 3.63) is 55.5 Å². The van der Waals surface area contributed by atoms with Gasteiger partial charge in [-0.3, -0.25) is 0 Å². The van der Waals surface area contributed by atoms with E-state index in [-0.39, 0.29) is 17.7 Å². The van der Waals surface area contributed by atoms with Crippen LogP contribution in [0.3, 0.4) is 0 Å². The average molecular weight is 408 g/mol. The van der Waals surface area contributed by atoms with Crippen molar-refractivity contribution >= 4 is 5.57 Å². The molecule has 0 amide bonds. The summed E-state index contributed by atoms with van der Waals surface area (Å²) in [4.78, 5) is 8.38. The molecule has 3 atom stereocenters. The molecule has 2 N–H and O–H groups in total. The van der Waals surface area contributed by atoms with Crippen LogP contribution in [0, 0.1) is 5.92 Å². The van der Waals surface area contributed by atoms with Gasteiger partial charge in [-0.1, -0.05) is 6.58 Å². The van der Waals surface area contributed by atoms with Gasteiger partial charge in [-0.15, -0.1) is 10.2 Å². The Morgan fingerprint density at radius 2 is 2.17 bits per heavy atom. The number of phenolic OH excluding ortho intramolecular Hbond substituents is 1. The summed E-state index contributed by atoms with van der Waals surface area (Å²) in [5.41, 5.74) is 2.31. The minimum atomic E-state index is -0.959. The zero-order valence-corrected chi connectivity index (χ0v) is 16.9. The van der Waals surface area contributed by atoms with Crippen LogP contribution in [0.2, 0.25) is 0 Å². The first-order valence-electron chi connectivity index (χ1n) is 10.1. The fourth-order valence-corrected chi connectivity index (χ4v) is 3.98. The third-order valence-corrected chi connectivity index (χ3v) is 5.77. The summed E-state index contributed by atoms with van der Waals surface area (Å²) >= 11 is 0. The van der Waals surface area contributed by atoms with Crippen molar-refractivity contribution in [1.82, 2.24) is 30.0 Å². The quantitative estimate of drug-likeness (QED) is 0.628. The Balaban J connectivity index is 1.54. The zero-order valence-electron chi connectivity index (χ0n) is 16.9. The maximum Gasteiger partial charge on any atom is 0.177 e. The van der Waals surface area contributed by atoms with Crippen LogP contribution in [0.5, 0.6) is 5.75 Å². The number of imidazole rings is 1.